The lowest BCUT2D eigenvalue weighted by atomic mass is 9.86. The smallest absolute Gasteiger partial charge is 0.0702 e. The van der Waals surface area contributed by atoms with Gasteiger partial charge in [0.2, 0.25) is 0 Å². The number of fused-ring (bicyclic) bond motifs is 1. The summed E-state index contributed by atoms with van der Waals surface area (Å²) in [6.07, 6.45) is 6.62. The summed E-state index contributed by atoms with van der Waals surface area (Å²) in [5.74, 6) is 6.43. The van der Waals surface area contributed by atoms with Crippen LogP contribution in [0.15, 0.2) is 36.5 Å². The summed E-state index contributed by atoms with van der Waals surface area (Å²) in [5, 5.41) is 1.18. The molecular weight excluding hydrogens is 246 g/mol. The summed E-state index contributed by atoms with van der Waals surface area (Å²) in [7, 11) is 0. The number of nitrogens with one attached hydrogen (secondary N) is 1. The molecule has 108 valence electrons. The monoisotopic (exact) mass is 271 g/mol. The van der Waals surface area contributed by atoms with E-state index in [0.717, 1.165) is 5.52 Å². The van der Waals surface area contributed by atoms with Gasteiger partial charge in [-0.25, -0.2) is 0 Å². The van der Waals surface area contributed by atoms with Crippen molar-refractivity contribution in [1.82, 2.24) is 10.4 Å². The zero-order valence-corrected chi connectivity index (χ0v) is 12.5. The van der Waals surface area contributed by atoms with Crippen molar-refractivity contribution in [3.8, 4) is 0 Å². The van der Waals surface area contributed by atoms with Crippen molar-refractivity contribution in [1.29, 1.82) is 0 Å². The highest BCUT2D eigenvalue weighted by atomic mass is 15.2. The Labute approximate surface area is 121 Å². The standard InChI is InChI=1S/C17H25N3/c1-3-6-13(7-4-2)17(20-18)15-9-10-16-14(12-15)8-5-11-19-16/h5,8-13,17,20H,3-4,6-7,18H2,1-2H3. The molecule has 3 nitrogen and oxygen atoms in total. The van der Waals surface area contributed by atoms with Gasteiger partial charge < -0.3 is 0 Å². The lowest BCUT2D eigenvalue weighted by Gasteiger charge is -2.26. The Morgan fingerprint density at radius 3 is 2.55 bits per heavy atom. The van der Waals surface area contributed by atoms with Gasteiger partial charge in [-0.15, -0.1) is 0 Å². The van der Waals surface area contributed by atoms with Crippen molar-refractivity contribution >= 4 is 10.9 Å². The minimum atomic E-state index is 0.222. The van der Waals surface area contributed by atoms with Crippen molar-refractivity contribution in [2.24, 2.45) is 11.8 Å². The molecule has 2 aromatic rings. The van der Waals surface area contributed by atoms with E-state index in [-0.39, 0.29) is 6.04 Å². The van der Waals surface area contributed by atoms with Gasteiger partial charge in [0.15, 0.2) is 0 Å². The van der Waals surface area contributed by atoms with Gasteiger partial charge in [0.25, 0.3) is 0 Å². The Bertz CT molecular complexity index is 533. The third-order valence-corrected chi connectivity index (χ3v) is 3.96. The molecule has 1 aromatic carbocycles. The summed E-state index contributed by atoms with van der Waals surface area (Å²) in [6, 6.07) is 10.8. The average molecular weight is 271 g/mol. The largest absolute Gasteiger partial charge is 0.271 e. The highest BCUT2D eigenvalue weighted by Gasteiger charge is 2.21. The van der Waals surface area contributed by atoms with Gasteiger partial charge in [0, 0.05) is 17.6 Å². The fraction of sp³-hybridized carbons (Fsp3) is 0.471. The number of hydrogen-bond donors (Lipinski definition) is 2. The molecule has 0 fully saturated rings. The van der Waals surface area contributed by atoms with Crippen molar-refractivity contribution in [3.05, 3.63) is 42.1 Å². The minimum Gasteiger partial charge on any atom is -0.271 e. The summed E-state index contributed by atoms with van der Waals surface area (Å²) in [6.45, 7) is 4.47. The topological polar surface area (TPSA) is 50.9 Å². The maximum atomic E-state index is 5.84. The van der Waals surface area contributed by atoms with Crippen molar-refractivity contribution in [2.45, 2.75) is 45.6 Å². The van der Waals surface area contributed by atoms with Gasteiger partial charge in [-0.1, -0.05) is 38.8 Å². The fourth-order valence-corrected chi connectivity index (χ4v) is 3.01. The van der Waals surface area contributed by atoms with Crippen LogP contribution in [-0.2, 0) is 0 Å². The quantitative estimate of drug-likeness (QED) is 0.592. The van der Waals surface area contributed by atoms with Crippen molar-refractivity contribution in [2.75, 3.05) is 0 Å². The lowest BCUT2D eigenvalue weighted by Crippen LogP contribution is -2.33. The molecule has 0 aliphatic rings. The van der Waals surface area contributed by atoms with Crippen LogP contribution in [0, 0.1) is 5.92 Å². The minimum absolute atomic E-state index is 0.222. The number of nitrogens with zero attached hydrogens (tertiary/aromatic N) is 1. The Morgan fingerprint density at radius 2 is 1.90 bits per heavy atom. The molecule has 0 radical (unpaired) electrons. The number of pyridine rings is 1. The van der Waals surface area contributed by atoms with Gasteiger partial charge in [-0.3, -0.25) is 16.3 Å². The van der Waals surface area contributed by atoms with Crippen LogP contribution < -0.4 is 11.3 Å². The second-order valence-corrected chi connectivity index (χ2v) is 5.44. The van der Waals surface area contributed by atoms with Gasteiger partial charge >= 0.3 is 0 Å². The van der Waals surface area contributed by atoms with Gasteiger partial charge in [-0.05, 0) is 42.5 Å². The SMILES string of the molecule is CCCC(CCC)C(NN)c1ccc2ncccc2c1. The molecule has 1 aromatic heterocycles. The second kappa shape index (κ2) is 7.36. The van der Waals surface area contributed by atoms with Crippen LogP contribution >= 0.6 is 0 Å². The predicted octanol–water partition coefficient (Wildman–Crippen LogP) is 3.96. The van der Waals surface area contributed by atoms with Gasteiger partial charge in [0.05, 0.1) is 5.52 Å². The van der Waals surface area contributed by atoms with E-state index in [4.69, 9.17) is 5.84 Å². The maximum Gasteiger partial charge on any atom is 0.0702 e. The fourth-order valence-electron chi connectivity index (χ4n) is 3.01. The van der Waals surface area contributed by atoms with E-state index in [0.29, 0.717) is 5.92 Å². The Kier molecular flexibility index (Phi) is 5.50. The first-order valence-corrected chi connectivity index (χ1v) is 7.61. The first kappa shape index (κ1) is 14.9. The summed E-state index contributed by atoms with van der Waals surface area (Å²) < 4.78 is 0. The number of benzene rings is 1. The Morgan fingerprint density at radius 1 is 1.15 bits per heavy atom. The van der Waals surface area contributed by atoms with E-state index in [1.165, 1.54) is 36.6 Å². The summed E-state index contributed by atoms with van der Waals surface area (Å²) in [5.41, 5.74) is 5.33. The Balaban J connectivity index is 2.31. The predicted molar refractivity (Wildman–Crippen MR) is 85.1 cm³/mol. The van der Waals surface area contributed by atoms with E-state index >= 15 is 0 Å². The first-order chi connectivity index (χ1) is 9.80. The van der Waals surface area contributed by atoms with Crippen LogP contribution in [-0.4, -0.2) is 4.98 Å². The normalized spacial score (nSPS) is 13.0. The molecule has 1 atom stereocenters. The van der Waals surface area contributed by atoms with Crippen LogP contribution in [0.4, 0.5) is 0 Å². The van der Waals surface area contributed by atoms with Crippen molar-refractivity contribution in [3.63, 3.8) is 0 Å². The highest BCUT2D eigenvalue weighted by Crippen LogP contribution is 2.30. The second-order valence-electron chi connectivity index (χ2n) is 5.44. The Hall–Kier alpha value is -1.45. The number of hydrogen-bond acceptors (Lipinski definition) is 3. The molecule has 0 bridgehead atoms. The van der Waals surface area contributed by atoms with E-state index in [9.17, 15) is 0 Å². The zero-order chi connectivity index (χ0) is 14.4. The van der Waals surface area contributed by atoms with E-state index < -0.39 is 0 Å². The summed E-state index contributed by atoms with van der Waals surface area (Å²) >= 11 is 0. The third kappa shape index (κ3) is 3.35. The van der Waals surface area contributed by atoms with Crippen LogP contribution in [0.5, 0.6) is 0 Å². The molecule has 0 saturated heterocycles. The molecule has 0 amide bonds. The molecule has 0 aliphatic heterocycles. The molecule has 0 spiro atoms. The number of nitrogens with two attached hydrogens (primary N) is 1. The zero-order valence-electron chi connectivity index (χ0n) is 12.5. The van der Waals surface area contributed by atoms with Crippen LogP contribution in [0.2, 0.25) is 0 Å². The molecular formula is C17H25N3. The molecule has 3 N–H and O–H groups in total. The van der Waals surface area contributed by atoms with Crippen molar-refractivity contribution < 1.29 is 0 Å². The molecule has 3 heteroatoms. The number of hydrazine groups is 1. The first-order valence-electron chi connectivity index (χ1n) is 7.61. The van der Waals surface area contributed by atoms with E-state index in [2.05, 4.69) is 48.5 Å². The van der Waals surface area contributed by atoms with Crippen LogP contribution in [0.1, 0.15) is 51.1 Å². The number of aromatic nitrogens is 1. The molecule has 1 unspecified atom stereocenters. The maximum absolute atomic E-state index is 5.84. The molecule has 2 rings (SSSR count). The molecule has 0 saturated carbocycles. The van der Waals surface area contributed by atoms with Crippen LogP contribution in [0.25, 0.3) is 10.9 Å². The van der Waals surface area contributed by atoms with Crippen LogP contribution in [0.3, 0.4) is 0 Å². The molecule has 1 heterocycles. The van der Waals surface area contributed by atoms with Gasteiger partial charge in [-0.2, -0.15) is 0 Å². The molecule has 20 heavy (non-hydrogen) atoms. The highest BCUT2D eigenvalue weighted by molar-refractivity contribution is 5.79. The number of rotatable bonds is 7. The third-order valence-electron chi connectivity index (χ3n) is 3.96. The lowest BCUT2D eigenvalue weighted by molar-refractivity contribution is 0.319. The average Bonchev–Trinajstić information content (AvgIpc) is 2.48. The van der Waals surface area contributed by atoms with E-state index in [1.807, 2.05) is 12.3 Å². The molecule has 0 aliphatic carbocycles. The van der Waals surface area contributed by atoms with E-state index in [1.54, 1.807) is 0 Å². The van der Waals surface area contributed by atoms with Gasteiger partial charge in [0.1, 0.15) is 0 Å². The summed E-state index contributed by atoms with van der Waals surface area (Å²) in [4.78, 5) is 4.37.